The van der Waals surface area contributed by atoms with Gasteiger partial charge in [0, 0.05) is 15.0 Å². The first-order valence-electron chi connectivity index (χ1n) is 6.81. The smallest absolute Gasteiger partial charge is 0.107 e. The predicted molar refractivity (Wildman–Crippen MR) is 92.2 cm³/mol. The van der Waals surface area contributed by atoms with Crippen LogP contribution in [0.15, 0.2) is 24.3 Å². The highest BCUT2D eigenvalue weighted by molar-refractivity contribution is 14.1. The van der Waals surface area contributed by atoms with Crippen LogP contribution in [0.25, 0.3) is 0 Å². The van der Waals surface area contributed by atoms with Crippen LogP contribution in [0.5, 0.6) is 0 Å². The molecule has 1 aliphatic carbocycles. The Labute approximate surface area is 137 Å². The first-order valence-corrected chi connectivity index (χ1v) is 8.71. The molecule has 0 fully saturated rings. The van der Waals surface area contributed by atoms with Crippen LogP contribution in [0, 0.1) is 14.9 Å². The summed E-state index contributed by atoms with van der Waals surface area (Å²) in [7, 11) is 0. The molecule has 1 aromatic carbocycles. The molecule has 0 aliphatic heterocycles. The Morgan fingerprint density at radius 2 is 2.05 bits per heavy atom. The van der Waals surface area contributed by atoms with E-state index in [4.69, 9.17) is 0 Å². The van der Waals surface area contributed by atoms with Gasteiger partial charge < -0.3 is 5.32 Å². The molecular weight excluding hydrogens is 379 g/mol. The molecule has 1 N–H and O–H groups in total. The van der Waals surface area contributed by atoms with Crippen LogP contribution in [0.3, 0.4) is 0 Å². The molecule has 0 saturated heterocycles. The largest absolute Gasteiger partial charge is 0.372 e. The van der Waals surface area contributed by atoms with Crippen LogP contribution < -0.4 is 5.32 Å². The Bertz CT molecular complexity index is 670. The van der Waals surface area contributed by atoms with Gasteiger partial charge in [-0.2, -0.15) is 5.26 Å². The van der Waals surface area contributed by atoms with Gasteiger partial charge >= 0.3 is 0 Å². The standard InChI is InChI=1S/C16H15IN2S/c17-14-7-3-1-5-11(14)10-19-16-13(9-18)12-6-2-4-8-15(12)20-16/h1,3,5,7,19H,2,4,6,8,10H2. The molecular formula is C16H15IN2S. The van der Waals surface area contributed by atoms with Crippen molar-refractivity contribution in [3.05, 3.63) is 49.4 Å². The van der Waals surface area contributed by atoms with E-state index in [1.807, 2.05) is 0 Å². The van der Waals surface area contributed by atoms with Crippen LogP contribution in [0.4, 0.5) is 5.00 Å². The van der Waals surface area contributed by atoms with E-state index in [9.17, 15) is 5.26 Å². The Hall–Kier alpha value is -1.06. The molecule has 1 aliphatic rings. The third-order valence-corrected chi connectivity index (χ3v) is 5.98. The molecule has 4 heteroatoms. The molecule has 20 heavy (non-hydrogen) atoms. The summed E-state index contributed by atoms with van der Waals surface area (Å²) in [5, 5.41) is 14.0. The molecule has 0 atom stereocenters. The minimum atomic E-state index is 0.785. The maximum absolute atomic E-state index is 9.43. The van der Waals surface area contributed by atoms with Crippen molar-refractivity contribution in [2.45, 2.75) is 32.2 Å². The van der Waals surface area contributed by atoms with Crippen molar-refractivity contribution in [2.24, 2.45) is 0 Å². The third kappa shape index (κ3) is 2.70. The molecule has 1 aromatic heterocycles. The number of thiophene rings is 1. The molecule has 0 amide bonds. The number of halogens is 1. The zero-order chi connectivity index (χ0) is 13.9. The van der Waals surface area contributed by atoms with Gasteiger partial charge in [0.05, 0.1) is 5.56 Å². The predicted octanol–water partition coefficient (Wildman–Crippen LogP) is 4.72. The van der Waals surface area contributed by atoms with Gasteiger partial charge in [0.25, 0.3) is 0 Å². The van der Waals surface area contributed by atoms with Crippen LogP contribution >= 0.6 is 33.9 Å². The highest BCUT2D eigenvalue weighted by atomic mass is 127. The van der Waals surface area contributed by atoms with Crippen molar-refractivity contribution in [2.75, 3.05) is 5.32 Å². The van der Waals surface area contributed by atoms with Crippen molar-refractivity contribution >= 4 is 38.9 Å². The van der Waals surface area contributed by atoms with E-state index < -0.39 is 0 Å². The maximum Gasteiger partial charge on any atom is 0.107 e. The van der Waals surface area contributed by atoms with Crippen molar-refractivity contribution in [3.8, 4) is 6.07 Å². The fourth-order valence-corrected chi connectivity index (χ4v) is 4.44. The Morgan fingerprint density at radius 1 is 1.25 bits per heavy atom. The van der Waals surface area contributed by atoms with Gasteiger partial charge in [-0.1, -0.05) is 18.2 Å². The van der Waals surface area contributed by atoms with E-state index >= 15 is 0 Å². The molecule has 2 aromatic rings. The van der Waals surface area contributed by atoms with Gasteiger partial charge in [0.1, 0.15) is 11.1 Å². The number of hydrogen-bond acceptors (Lipinski definition) is 3. The number of nitriles is 1. The summed E-state index contributed by atoms with van der Waals surface area (Å²) >= 11 is 4.13. The zero-order valence-electron chi connectivity index (χ0n) is 11.1. The summed E-state index contributed by atoms with van der Waals surface area (Å²) in [5.74, 6) is 0. The monoisotopic (exact) mass is 394 g/mol. The summed E-state index contributed by atoms with van der Waals surface area (Å²) in [6, 6.07) is 10.8. The number of nitrogens with zero attached hydrogens (tertiary/aromatic N) is 1. The van der Waals surface area contributed by atoms with Gasteiger partial charge in [0.2, 0.25) is 0 Å². The number of aryl methyl sites for hydroxylation is 1. The van der Waals surface area contributed by atoms with Crippen molar-refractivity contribution < 1.29 is 0 Å². The topological polar surface area (TPSA) is 35.8 Å². The van der Waals surface area contributed by atoms with E-state index in [1.54, 1.807) is 11.3 Å². The summed E-state index contributed by atoms with van der Waals surface area (Å²) in [6.45, 7) is 0.785. The molecule has 0 radical (unpaired) electrons. The van der Waals surface area contributed by atoms with E-state index in [0.717, 1.165) is 30.0 Å². The Morgan fingerprint density at radius 3 is 2.85 bits per heavy atom. The zero-order valence-corrected chi connectivity index (χ0v) is 14.1. The van der Waals surface area contributed by atoms with E-state index in [2.05, 4.69) is 58.2 Å². The molecule has 0 spiro atoms. The lowest BCUT2D eigenvalue weighted by Crippen LogP contribution is -2.02. The Kier molecular flexibility index (Phi) is 4.27. The number of benzene rings is 1. The summed E-state index contributed by atoms with van der Waals surface area (Å²) in [6.07, 6.45) is 4.68. The summed E-state index contributed by atoms with van der Waals surface area (Å²) < 4.78 is 1.26. The minimum Gasteiger partial charge on any atom is -0.372 e. The first-order chi connectivity index (χ1) is 9.79. The fourth-order valence-electron chi connectivity index (χ4n) is 2.63. The van der Waals surface area contributed by atoms with Crippen LogP contribution in [0.2, 0.25) is 0 Å². The van der Waals surface area contributed by atoms with Gasteiger partial charge in [-0.05, 0) is 65.5 Å². The molecule has 0 unspecified atom stereocenters. The lowest BCUT2D eigenvalue weighted by atomic mass is 9.96. The maximum atomic E-state index is 9.43. The molecule has 1 heterocycles. The van der Waals surface area contributed by atoms with Crippen molar-refractivity contribution in [1.29, 1.82) is 5.26 Å². The van der Waals surface area contributed by atoms with Gasteiger partial charge in [0.15, 0.2) is 0 Å². The van der Waals surface area contributed by atoms with Crippen molar-refractivity contribution in [3.63, 3.8) is 0 Å². The number of fused-ring (bicyclic) bond motifs is 1. The second-order valence-corrected chi connectivity index (χ2v) is 7.24. The third-order valence-electron chi connectivity index (χ3n) is 3.68. The Balaban J connectivity index is 1.83. The quantitative estimate of drug-likeness (QED) is 0.766. The minimum absolute atomic E-state index is 0.785. The van der Waals surface area contributed by atoms with E-state index in [0.29, 0.717) is 0 Å². The van der Waals surface area contributed by atoms with Crippen LogP contribution in [-0.2, 0) is 19.4 Å². The highest BCUT2D eigenvalue weighted by Crippen LogP contribution is 2.37. The van der Waals surface area contributed by atoms with E-state index in [1.165, 1.54) is 32.4 Å². The number of nitrogens with one attached hydrogen (secondary N) is 1. The van der Waals surface area contributed by atoms with Gasteiger partial charge in [-0.25, -0.2) is 0 Å². The summed E-state index contributed by atoms with van der Waals surface area (Å²) in [5.41, 5.74) is 3.47. The average molecular weight is 394 g/mol. The van der Waals surface area contributed by atoms with Gasteiger partial charge in [-0.15, -0.1) is 11.3 Å². The lowest BCUT2D eigenvalue weighted by Gasteiger charge is -2.09. The molecule has 102 valence electrons. The second kappa shape index (κ2) is 6.15. The SMILES string of the molecule is N#Cc1c(NCc2ccccc2I)sc2c1CCCC2. The average Bonchev–Trinajstić information content (AvgIpc) is 2.84. The fraction of sp³-hybridized carbons (Fsp3) is 0.312. The molecule has 3 rings (SSSR count). The lowest BCUT2D eigenvalue weighted by molar-refractivity contribution is 0.696. The summed E-state index contributed by atoms with van der Waals surface area (Å²) in [4.78, 5) is 1.41. The first kappa shape index (κ1) is 13.9. The van der Waals surface area contributed by atoms with Gasteiger partial charge in [-0.3, -0.25) is 0 Å². The second-order valence-electron chi connectivity index (χ2n) is 4.97. The number of anilines is 1. The molecule has 0 bridgehead atoms. The number of hydrogen-bond donors (Lipinski definition) is 1. The van der Waals surface area contributed by atoms with Crippen LogP contribution in [0.1, 0.15) is 34.4 Å². The molecule has 0 saturated carbocycles. The van der Waals surface area contributed by atoms with Crippen molar-refractivity contribution in [1.82, 2.24) is 0 Å². The normalized spacial score (nSPS) is 13.6. The highest BCUT2D eigenvalue weighted by Gasteiger charge is 2.20. The number of rotatable bonds is 3. The van der Waals surface area contributed by atoms with E-state index in [-0.39, 0.29) is 0 Å². The van der Waals surface area contributed by atoms with Crippen LogP contribution in [-0.4, -0.2) is 0 Å². The molecule has 2 nitrogen and oxygen atoms in total.